The number of benzene rings is 2. The van der Waals surface area contributed by atoms with E-state index in [1.165, 1.54) is 4.31 Å². The van der Waals surface area contributed by atoms with Crippen LogP contribution >= 0.6 is 0 Å². The molecule has 0 N–H and O–H groups in total. The summed E-state index contributed by atoms with van der Waals surface area (Å²) in [6, 6.07) is 16.1. The number of hydrogen-bond acceptors (Lipinski definition) is 7. The van der Waals surface area contributed by atoms with E-state index in [-0.39, 0.29) is 31.4 Å². The van der Waals surface area contributed by atoms with Crippen molar-refractivity contribution in [2.24, 2.45) is 0 Å². The van der Waals surface area contributed by atoms with Gasteiger partial charge >= 0.3 is 0 Å². The molecule has 4 rings (SSSR count). The first kappa shape index (κ1) is 22.0. The molecule has 1 fully saturated rings. The molecular weight excluding hydrogens is 432 g/mol. The first-order chi connectivity index (χ1) is 15.4. The van der Waals surface area contributed by atoms with Crippen molar-refractivity contribution in [1.82, 2.24) is 19.3 Å². The van der Waals surface area contributed by atoms with Gasteiger partial charge in [-0.3, -0.25) is 4.79 Å². The minimum atomic E-state index is -3.42. The number of amides is 1. The van der Waals surface area contributed by atoms with Crippen molar-refractivity contribution in [2.75, 3.05) is 32.8 Å². The maximum absolute atomic E-state index is 12.7. The second-order valence-electron chi connectivity index (χ2n) is 7.47. The van der Waals surface area contributed by atoms with E-state index in [0.717, 1.165) is 11.1 Å². The molecule has 1 aliphatic rings. The Morgan fingerprint density at radius 1 is 1.03 bits per heavy atom. The Balaban J connectivity index is 1.25. The van der Waals surface area contributed by atoms with Gasteiger partial charge in [0.2, 0.25) is 21.7 Å². The first-order valence-electron chi connectivity index (χ1n) is 10.2. The molecule has 10 heteroatoms. The number of ether oxygens (including phenoxy) is 1. The molecule has 32 heavy (non-hydrogen) atoms. The van der Waals surface area contributed by atoms with E-state index in [2.05, 4.69) is 10.1 Å². The summed E-state index contributed by atoms with van der Waals surface area (Å²) in [5, 5.41) is 3.86. The molecule has 1 amide bonds. The number of carbonyl (C=O) groups excluding carboxylic acids is 1. The number of aromatic nitrogens is 2. The third-order valence-corrected chi connectivity index (χ3v) is 7.03. The van der Waals surface area contributed by atoms with E-state index in [4.69, 9.17) is 9.26 Å². The molecule has 0 saturated carbocycles. The topological polar surface area (TPSA) is 106 Å². The van der Waals surface area contributed by atoms with E-state index >= 15 is 0 Å². The Morgan fingerprint density at radius 2 is 1.72 bits per heavy atom. The molecule has 0 aliphatic carbocycles. The van der Waals surface area contributed by atoms with Crippen LogP contribution in [0.15, 0.2) is 59.1 Å². The third kappa shape index (κ3) is 5.32. The molecule has 0 bridgehead atoms. The van der Waals surface area contributed by atoms with Crippen LogP contribution in [0, 0.1) is 6.92 Å². The monoisotopic (exact) mass is 456 g/mol. The highest BCUT2D eigenvalue weighted by Crippen LogP contribution is 2.20. The molecule has 0 atom stereocenters. The van der Waals surface area contributed by atoms with E-state index in [0.29, 0.717) is 30.6 Å². The van der Waals surface area contributed by atoms with Gasteiger partial charge in [-0.25, -0.2) is 8.42 Å². The zero-order valence-corrected chi connectivity index (χ0v) is 18.5. The van der Waals surface area contributed by atoms with Crippen LogP contribution in [-0.4, -0.2) is 66.5 Å². The van der Waals surface area contributed by atoms with Gasteiger partial charge in [-0.05, 0) is 29.8 Å². The number of hydrogen-bond donors (Lipinski definition) is 0. The molecule has 0 unspecified atom stereocenters. The van der Waals surface area contributed by atoms with Crippen LogP contribution in [0.2, 0.25) is 0 Å². The van der Waals surface area contributed by atoms with Gasteiger partial charge in [0.15, 0.2) is 6.61 Å². The maximum Gasteiger partial charge on any atom is 0.260 e. The first-order valence-corrected chi connectivity index (χ1v) is 11.8. The van der Waals surface area contributed by atoms with Gasteiger partial charge in [0.25, 0.3) is 5.91 Å². The van der Waals surface area contributed by atoms with Crippen LogP contribution in [-0.2, 0) is 20.6 Å². The van der Waals surface area contributed by atoms with Gasteiger partial charge in [-0.15, -0.1) is 0 Å². The minimum absolute atomic E-state index is 0.0374. The highest BCUT2D eigenvalue weighted by molar-refractivity contribution is 7.88. The van der Waals surface area contributed by atoms with Crippen molar-refractivity contribution in [3.63, 3.8) is 0 Å². The van der Waals surface area contributed by atoms with Gasteiger partial charge in [0.1, 0.15) is 5.75 Å². The van der Waals surface area contributed by atoms with Crippen molar-refractivity contribution in [3.05, 3.63) is 66.1 Å². The van der Waals surface area contributed by atoms with E-state index in [1.54, 1.807) is 48.2 Å². The Bertz CT molecular complexity index is 1150. The Kier molecular flexibility index (Phi) is 6.52. The fourth-order valence-corrected chi connectivity index (χ4v) is 4.96. The fourth-order valence-electron chi connectivity index (χ4n) is 3.44. The third-order valence-electron chi connectivity index (χ3n) is 5.18. The van der Waals surface area contributed by atoms with Crippen molar-refractivity contribution in [1.29, 1.82) is 0 Å². The molecule has 168 valence electrons. The summed E-state index contributed by atoms with van der Waals surface area (Å²) in [5.41, 5.74) is 1.54. The summed E-state index contributed by atoms with van der Waals surface area (Å²) in [6.07, 6.45) is 0. The van der Waals surface area contributed by atoms with Crippen LogP contribution in [0.5, 0.6) is 5.75 Å². The fraction of sp³-hybridized carbons (Fsp3) is 0.318. The van der Waals surface area contributed by atoms with E-state index < -0.39 is 10.0 Å². The van der Waals surface area contributed by atoms with Gasteiger partial charge in [-0.2, -0.15) is 9.29 Å². The number of nitrogens with zero attached hydrogens (tertiary/aromatic N) is 4. The number of rotatable bonds is 7. The van der Waals surface area contributed by atoms with E-state index in [1.807, 2.05) is 18.2 Å². The van der Waals surface area contributed by atoms with Crippen LogP contribution < -0.4 is 4.74 Å². The molecule has 2 heterocycles. The lowest BCUT2D eigenvalue weighted by Gasteiger charge is -2.34. The van der Waals surface area contributed by atoms with Crippen molar-refractivity contribution < 1.29 is 22.5 Å². The van der Waals surface area contributed by atoms with Gasteiger partial charge < -0.3 is 14.2 Å². The normalized spacial score (nSPS) is 15.0. The molecule has 1 saturated heterocycles. The molecule has 1 aliphatic heterocycles. The van der Waals surface area contributed by atoms with Crippen LogP contribution in [0.1, 0.15) is 11.5 Å². The average molecular weight is 457 g/mol. The van der Waals surface area contributed by atoms with Crippen molar-refractivity contribution in [2.45, 2.75) is 12.7 Å². The summed E-state index contributed by atoms with van der Waals surface area (Å²) in [4.78, 5) is 18.3. The Morgan fingerprint density at radius 3 is 2.34 bits per heavy atom. The SMILES string of the molecule is Cc1nc(-c2ccc(OCC(=O)N3CCN(S(=O)(=O)Cc4ccccc4)CC3)cc2)no1. The maximum atomic E-state index is 12.7. The average Bonchev–Trinajstić information content (AvgIpc) is 3.24. The minimum Gasteiger partial charge on any atom is -0.484 e. The second-order valence-corrected chi connectivity index (χ2v) is 9.44. The lowest BCUT2D eigenvalue weighted by Crippen LogP contribution is -2.51. The largest absolute Gasteiger partial charge is 0.484 e. The second kappa shape index (κ2) is 9.49. The summed E-state index contributed by atoms with van der Waals surface area (Å²) in [5.74, 6) is 1.31. The predicted molar refractivity (Wildman–Crippen MR) is 117 cm³/mol. The summed E-state index contributed by atoms with van der Waals surface area (Å²) in [6.45, 7) is 2.84. The molecular formula is C22H24N4O5S. The van der Waals surface area contributed by atoms with Crippen LogP contribution in [0.25, 0.3) is 11.4 Å². The molecule has 0 radical (unpaired) electrons. The smallest absolute Gasteiger partial charge is 0.260 e. The van der Waals surface area contributed by atoms with Crippen molar-refractivity contribution in [3.8, 4) is 17.1 Å². The molecule has 1 aromatic heterocycles. The summed E-state index contributed by atoms with van der Waals surface area (Å²) < 4.78 is 37.3. The zero-order valence-electron chi connectivity index (χ0n) is 17.7. The number of aryl methyl sites for hydroxylation is 1. The quantitative estimate of drug-likeness (QED) is 0.536. The highest BCUT2D eigenvalue weighted by atomic mass is 32.2. The van der Waals surface area contributed by atoms with E-state index in [9.17, 15) is 13.2 Å². The van der Waals surface area contributed by atoms with Gasteiger partial charge in [0.05, 0.1) is 5.75 Å². The number of piperazine rings is 1. The Hall–Kier alpha value is -3.24. The highest BCUT2D eigenvalue weighted by Gasteiger charge is 2.29. The van der Waals surface area contributed by atoms with Gasteiger partial charge in [-0.1, -0.05) is 35.5 Å². The van der Waals surface area contributed by atoms with Crippen LogP contribution in [0.3, 0.4) is 0 Å². The predicted octanol–water partition coefficient (Wildman–Crippen LogP) is 2.10. The summed E-state index contributed by atoms with van der Waals surface area (Å²) >= 11 is 0. The van der Waals surface area contributed by atoms with Crippen LogP contribution in [0.4, 0.5) is 0 Å². The zero-order chi connectivity index (χ0) is 22.6. The standard InChI is InChI=1S/C22H24N4O5S/c1-17-23-22(24-31-17)19-7-9-20(10-8-19)30-15-21(27)25-11-13-26(14-12-25)32(28,29)16-18-5-3-2-4-6-18/h2-10H,11-16H2,1H3. The molecule has 2 aromatic carbocycles. The summed E-state index contributed by atoms with van der Waals surface area (Å²) in [7, 11) is -3.42. The molecule has 0 spiro atoms. The van der Waals surface area contributed by atoms with Gasteiger partial charge in [0, 0.05) is 38.7 Å². The Labute approximate surface area is 186 Å². The number of sulfonamides is 1. The van der Waals surface area contributed by atoms with Crippen molar-refractivity contribution >= 4 is 15.9 Å². The molecule has 9 nitrogen and oxygen atoms in total. The lowest BCUT2D eigenvalue weighted by molar-refractivity contribution is -0.134. The number of carbonyl (C=O) groups is 1. The molecule has 3 aromatic rings. The lowest BCUT2D eigenvalue weighted by atomic mass is 10.2.